The SMILES string of the molecule is CC(C)(C)OC(=O)N[C@H](C(=O)Nc1ccc(-c2cnc(=O)[nH]c2)c(F)c1)C(c1ccccc1)c1ccccc1. The number of anilines is 1. The van der Waals surface area contributed by atoms with Gasteiger partial charge in [-0.15, -0.1) is 0 Å². The molecule has 0 aliphatic rings. The maximum Gasteiger partial charge on any atom is 0.408 e. The largest absolute Gasteiger partial charge is 0.444 e. The van der Waals surface area contributed by atoms with E-state index in [-0.39, 0.29) is 11.3 Å². The number of halogens is 1. The summed E-state index contributed by atoms with van der Waals surface area (Å²) >= 11 is 0. The van der Waals surface area contributed by atoms with Gasteiger partial charge in [-0.3, -0.25) is 4.79 Å². The van der Waals surface area contributed by atoms with Gasteiger partial charge in [0.1, 0.15) is 17.5 Å². The van der Waals surface area contributed by atoms with E-state index >= 15 is 4.39 Å². The monoisotopic (exact) mass is 528 g/mol. The van der Waals surface area contributed by atoms with Gasteiger partial charge in [0.2, 0.25) is 5.91 Å². The van der Waals surface area contributed by atoms with Crippen molar-refractivity contribution in [2.24, 2.45) is 0 Å². The van der Waals surface area contributed by atoms with Crippen LogP contribution in [0, 0.1) is 5.82 Å². The minimum absolute atomic E-state index is 0.189. The fraction of sp³-hybridized carbons (Fsp3) is 0.200. The van der Waals surface area contributed by atoms with E-state index in [1.165, 1.54) is 30.6 Å². The highest BCUT2D eigenvalue weighted by molar-refractivity contribution is 5.98. The highest BCUT2D eigenvalue weighted by atomic mass is 19.1. The lowest BCUT2D eigenvalue weighted by atomic mass is 9.84. The summed E-state index contributed by atoms with van der Waals surface area (Å²) < 4.78 is 20.5. The van der Waals surface area contributed by atoms with Crippen LogP contribution in [0.3, 0.4) is 0 Å². The average Bonchev–Trinajstić information content (AvgIpc) is 2.89. The van der Waals surface area contributed by atoms with Crippen molar-refractivity contribution in [1.82, 2.24) is 15.3 Å². The molecule has 0 fully saturated rings. The molecule has 0 saturated carbocycles. The molecule has 1 atom stereocenters. The zero-order valence-corrected chi connectivity index (χ0v) is 21.8. The molecular weight excluding hydrogens is 499 g/mol. The van der Waals surface area contributed by atoms with Crippen LogP contribution in [0.4, 0.5) is 14.9 Å². The van der Waals surface area contributed by atoms with Crippen LogP contribution in [-0.4, -0.2) is 33.6 Å². The molecule has 0 unspecified atom stereocenters. The van der Waals surface area contributed by atoms with Gasteiger partial charge in [0.15, 0.2) is 0 Å². The Morgan fingerprint density at radius 2 is 1.56 bits per heavy atom. The number of aromatic amines is 1. The number of ether oxygens (including phenoxy) is 1. The van der Waals surface area contributed by atoms with Crippen LogP contribution >= 0.6 is 0 Å². The van der Waals surface area contributed by atoms with Crippen LogP contribution in [0.1, 0.15) is 37.8 Å². The van der Waals surface area contributed by atoms with E-state index in [9.17, 15) is 14.4 Å². The fourth-order valence-electron chi connectivity index (χ4n) is 4.17. The lowest BCUT2D eigenvalue weighted by molar-refractivity contribution is -0.118. The van der Waals surface area contributed by atoms with E-state index in [0.717, 1.165) is 11.1 Å². The molecular formula is C30H29FN4O4. The Hall–Kier alpha value is -4.79. The van der Waals surface area contributed by atoms with Crippen molar-refractivity contribution < 1.29 is 18.7 Å². The first-order valence-electron chi connectivity index (χ1n) is 12.4. The topological polar surface area (TPSA) is 113 Å². The van der Waals surface area contributed by atoms with Crippen LogP contribution in [-0.2, 0) is 9.53 Å². The summed E-state index contributed by atoms with van der Waals surface area (Å²) in [5.41, 5.74) is 1.04. The molecule has 0 aliphatic carbocycles. The second-order valence-corrected chi connectivity index (χ2v) is 9.91. The number of H-pyrrole nitrogens is 1. The molecule has 1 heterocycles. The number of benzene rings is 3. The van der Waals surface area contributed by atoms with Crippen molar-refractivity contribution >= 4 is 17.7 Å². The van der Waals surface area contributed by atoms with Crippen LogP contribution in [0.25, 0.3) is 11.1 Å². The van der Waals surface area contributed by atoms with E-state index in [2.05, 4.69) is 20.6 Å². The number of hydrogen-bond donors (Lipinski definition) is 3. The standard InChI is InChI=1S/C30H29FN4O4/c1-30(2,3)39-29(38)35-26(25(19-10-6-4-7-11-19)20-12-8-5-9-13-20)27(36)34-22-14-15-23(24(31)16-22)21-17-32-28(37)33-18-21/h4-18,25-26H,1-3H3,(H,34,36)(H,35,38)(H,32,33,37)/t26-/m0/s1. The summed E-state index contributed by atoms with van der Waals surface area (Å²) in [6.07, 6.45) is 1.86. The van der Waals surface area contributed by atoms with Gasteiger partial charge in [0.05, 0.1) is 0 Å². The lowest BCUT2D eigenvalue weighted by Gasteiger charge is -2.29. The Morgan fingerprint density at radius 3 is 2.08 bits per heavy atom. The van der Waals surface area contributed by atoms with Gasteiger partial charge in [0.25, 0.3) is 0 Å². The smallest absolute Gasteiger partial charge is 0.408 e. The van der Waals surface area contributed by atoms with Gasteiger partial charge in [-0.25, -0.2) is 19.0 Å². The van der Waals surface area contributed by atoms with Crippen molar-refractivity contribution in [3.05, 3.63) is 119 Å². The normalized spacial score (nSPS) is 12.0. The molecule has 0 radical (unpaired) electrons. The number of carbonyl (C=O) groups is 2. The molecule has 0 spiro atoms. The Bertz CT molecular complexity index is 1440. The van der Waals surface area contributed by atoms with E-state index < -0.39 is 41.1 Å². The van der Waals surface area contributed by atoms with E-state index in [4.69, 9.17) is 4.74 Å². The zero-order valence-electron chi connectivity index (χ0n) is 21.8. The van der Waals surface area contributed by atoms with Crippen LogP contribution in [0.15, 0.2) is 96.1 Å². The Labute approximate surface area is 225 Å². The van der Waals surface area contributed by atoms with Gasteiger partial charge >= 0.3 is 11.8 Å². The summed E-state index contributed by atoms with van der Waals surface area (Å²) in [4.78, 5) is 43.9. The highest BCUT2D eigenvalue weighted by Crippen LogP contribution is 2.30. The summed E-state index contributed by atoms with van der Waals surface area (Å²) in [5, 5.41) is 5.48. The molecule has 200 valence electrons. The first-order chi connectivity index (χ1) is 18.6. The molecule has 39 heavy (non-hydrogen) atoms. The first kappa shape index (κ1) is 27.3. The molecule has 9 heteroatoms. The molecule has 2 amide bonds. The second kappa shape index (κ2) is 11.7. The zero-order chi connectivity index (χ0) is 28.0. The Kier molecular flexibility index (Phi) is 8.19. The van der Waals surface area contributed by atoms with Crippen LogP contribution in [0.5, 0.6) is 0 Å². The third-order valence-corrected chi connectivity index (χ3v) is 5.83. The average molecular weight is 529 g/mol. The number of nitrogens with zero attached hydrogens (tertiary/aromatic N) is 1. The third kappa shape index (κ3) is 7.16. The number of alkyl carbamates (subject to hydrolysis) is 1. The van der Waals surface area contributed by atoms with Gasteiger partial charge in [-0.1, -0.05) is 60.7 Å². The summed E-state index contributed by atoms with van der Waals surface area (Å²) in [6.45, 7) is 5.20. The third-order valence-electron chi connectivity index (χ3n) is 5.83. The van der Waals surface area contributed by atoms with Crippen molar-refractivity contribution in [3.63, 3.8) is 0 Å². The van der Waals surface area contributed by atoms with E-state index in [1.54, 1.807) is 20.8 Å². The van der Waals surface area contributed by atoms with Gasteiger partial charge < -0.3 is 20.4 Å². The van der Waals surface area contributed by atoms with E-state index in [0.29, 0.717) is 5.56 Å². The molecule has 8 nitrogen and oxygen atoms in total. The Morgan fingerprint density at radius 1 is 0.949 bits per heavy atom. The molecule has 1 aromatic heterocycles. The van der Waals surface area contributed by atoms with Crippen molar-refractivity contribution in [3.8, 4) is 11.1 Å². The number of nitrogens with one attached hydrogen (secondary N) is 3. The molecule has 0 saturated heterocycles. The quantitative estimate of drug-likeness (QED) is 0.304. The lowest BCUT2D eigenvalue weighted by Crippen LogP contribution is -2.49. The van der Waals surface area contributed by atoms with Crippen molar-refractivity contribution in [1.29, 1.82) is 0 Å². The van der Waals surface area contributed by atoms with Crippen LogP contribution < -0.4 is 16.3 Å². The molecule has 4 aromatic rings. The van der Waals surface area contributed by atoms with Gasteiger partial charge in [-0.2, -0.15) is 0 Å². The number of hydrogen-bond acceptors (Lipinski definition) is 5. The maximum absolute atomic E-state index is 15.0. The van der Waals surface area contributed by atoms with Crippen LogP contribution in [0.2, 0.25) is 0 Å². The van der Waals surface area contributed by atoms with Gasteiger partial charge in [-0.05, 0) is 50.1 Å². The van der Waals surface area contributed by atoms with E-state index in [1.807, 2.05) is 60.7 Å². The fourth-order valence-corrected chi connectivity index (χ4v) is 4.17. The predicted molar refractivity (Wildman–Crippen MR) is 147 cm³/mol. The summed E-state index contributed by atoms with van der Waals surface area (Å²) in [6, 6.07) is 21.7. The van der Waals surface area contributed by atoms with Gasteiger partial charge in [0, 0.05) is 35.1 Å². The molecule has 0 bridgehead atoms. The van der Waals surface area contributed by atoms with Crippen molar-refractivity contribution in [2.45, 2.75) is 38.3 Å². The summed E-state index contributed by atoms with van der Waals surface area (Å²) in [7, 11) is 0. The Balaban J connectivity index is 1.68. The molecule has 3 N–H and O–H groups in total. The number of aromatic nitrogens is 2. The predicted octanol–water partition coefficient (Wildman–Crippen LogP) is 5.24. The number of amides is 2. The highest BCUT2D eigenvalue weighted by Gasteiger charge is 2.34. The number of rotatable bonds is 7. The van der Waals surface area contributed by atoms with Crippen molar-refractivity contribution in [2.75, 3.05) is 5.32 Å². The minimum atomic E-state index is -1.10. The maximum atomic E-state index is 15.0. The second-order valence-electron chi connectivity index (χ2n) is 9.91. The molecule has 3 aromatic carbocycles. The molecule has 4 rings (SSSR count). The molecule has 0 aliphatic heterocycles. The first-order valence-corrected chi connectivity index (χ1v) is 12.4. The number of carbonyl (C=O) groups excluding carboxylic acids is 2. The summed E-state index contributed by atoms with van der Waals surface area (Å²) in [5.74, 6) is -1.76. The minimum Gasteiger partial charge on any atom is -0.444 e.